The Morgan fingerprint density at radius 2 is 1.89 bits per heavy atom. The van der Waals surface area contributed by atoms with E-state index in [9.17, 15) is 0 Å². The lowest BCUT2D eigenvalue weighted by Crippen LogP contribution is -2.10. The Bertz CT molecular complexity index is 1060. The zero-order valence-electron chi connectivity index (χ0n) is 16.2. The first kappa shape index (κ1) is 17.5. The van der Waals surface area contributed by atoms with Gasteiger partial charge in [0.2, 0.25) is 0 Å². The minimum absolute atomic E-state index is 0.817. The van der Waals surface area contributed by atoms with Gasteiger partial charge in [-0.15, -0.1) is 0 Å². The molecule has 1 aromatic carbocycles. The van der Waals surface area contributed by atoms with E-state index in [1.165, 1.54) is 11.1 Å². The van der Waals surface area contributed by atoms with Crippen molar-refractivity contribution in [3.05, 3.63) is 71.4 Å². The van der Waals surface area contributed by atoms with Gasteiger partial charge in [0, 0.05) is 42.2 Å². The van der Waals surface area contributed by atoms with Crippen molar-refractivity contribution >= 4 is 11.0 Å². The van der Waals surface area contributed by atoms with Gasteiger partial charge in [-0.3, -0.25) is 4.98 Å². The molecule has 0 aliphatic heterocycles. The third-order valence-electron chi connectivity index (χ3n) is 4.80. The molecule has 27 heavy (non-hydrogen) atoms. The van der Waals surface area contributed by atoms with Crippen molar-refractivity contribution in [2.75, 3.05) is 14.1 Å². The van der Waals surface area contributed by atoms with E-state index in [0.29, 0.717) is 0 Å². The SMILES string of the molecule is Cc1noc(C)c1-c1cnc2c(CN(C)C)cn(Cc3ccccc3)c2c1. The van der Waals surface area contributed by atoms with Gasteiger partial charge < -0.3 is 14.0 Å². The van der Waals surface area contributed by atoms with Crippen molar-refractivity contribution in [2.24, 2.45) is 0 Å². The van der Waals surface area contributed by atoms with Gasteiger partial charge in [-0.1, -0.05) is 35.5 Å². The molecule has 4 aromatic rings. The van der Waals surface area contributed by atoms with Crippen LogP contribution in [0.4, 0.5) is 0 Å². The Kier molecular flexibility index (Phi) is 4.54. The lowest BCUT2D eigenvalue weighted by Gasteiger charge is -2.07. The smallest absolute Gasteiger partial charge is 0.141 e. The summed E-state index contributed by atoms with van der Waals surface area (Å²) in [5.41, 5.74) is 7.66. The quantitative estimate of drug-likeness (QED) is 0.529. The Balaban J connectivity index is 1.86. The number of fused-ring (bicyclic) bond motifs is 1. The molecule has 0 aliphatic rings. The van der Waals surface area contributed by atoms with Crippen molar-refractivity contribution in [3.8, 4) is 11.1 Å². The Morgan fingerprint density at radius 1 is 1.11 bits per heavy atom. The van der Waals surface area contributed by atoms with E-state index < -0.39 is 0 Å². The standard InChI is InChI=1S/C22H24N4O/c1-15-21(16(2)27-24-15)18-10-20-22(23-11-18)19(13-25(3)4)14-26(20)12-17-8-6-5-7-9-17/h5-11,14H,12-13H2,1-4H3. The normalized spacial score (nSPS) is 11.6. The van der Waals surface area contributed by atoms with Gasteiger partial charge in [0.1, 0.15) is 5.76 Å². The second-order valence-corrected chi connectivity index (χ2v) is 7.30. The van der Waals surface area contributed by atoms with E-state index in [1.54, 1.807) is 0 Å². The van der Waals surface area contributed by atoms with E-state index in [0.717, 1.165) is 46.7 Å². The maximum Gasteiger partial charge on any atom is 0.141 e. The maximum absolute atomic E-state index is 5.35. The topological polar surface area (TPSA) is 47.1 Å². The molecule has 0 bridgehead atoms. The molecular formula is C22H24N4O. The molecule has 3 heterocycles. The molecular weight excluding hydrogens is 336 g/mol. The highest BCUT2D eigenvalue weighted by Gasteiger charge is 2.16. The summed E-state index contributed by atoms with van der Waals surface area (Å²) in [5.74, 6) is 0.823. The van der Waals surface area contributed by atoms with Crippen LogP contribution in [0.5, 0.6) is 0 Å². The average Bonchev–Trinajstić information content (AvgIpc) is 3.15. The molecule has 5 nitrogen and oxygen atoms in total. The van der Waals surface area contributed by atoms with Gasteiger partial charge in [0.15, 0.2) is 0 Å². The third-order valence-corrected chi connectivity index (χ3v) is 4.80. The minimum Gasteiger partial charge on any atom is -0.361 e. The molecule has 0 aliphatic carbocycles. The maximum atomic E-state index is 5.35. The molecule has 0 radical (unpaired) electrons. The second-order valence-electron chi connectivity index (χ2n) is 7.30. The van der Waals surface area contributed by atoms with Crippen LogP contribution in [0, 0.1) is 13.8 Å². The Labute approximate surface area is 159 Å². The van der Waals surface area contributed by atoms with E-state index in [2.05, 4.69) is 65.2 Å². The number of benzene rings is 1. The number of rotatable bonds is 5. The number of pyridine rings is 1. The summed E-state index contributed by atoms with van der Waals surface area (Å²) in [6.07, 6.45) is 4.16. The molecule has 0 saturated carbocycles. The number of nitrogens with zero attached hydrogens (tertiary/aromatic N) is 4. The summed E-state index contributed by atoms with van der Waals surface area (Å²) in [7, 11) is 4.16. The zero-order valence-corrected chi connectivity index (χ0v) is 16.2. The van der Waals surface area contributed by atoms with Gasteiger partial charge in [-0.25, -0.2) is 0 Å². The van der Waals surface area contributed by atoms with Crippen LogP contribution >= 0.6 is 0 Å². The number of hydrogen-bond acceptors (Lipinski definition) is 4. The number of aryl methyl sites for hydroxylation is 2. The Hall–Kier alpha value is -2.92. The van der Waals surface area contributed by atoms with Crippen LogP contribution in [0.2, 0.25) is 0 Å². The molecule has 0 saturated heterocycles. The molecule has 0 atom stereocenters. The fourth-order valence-corrected chi connectivity index (χ4v) is 3.64. The minimum atomic E-state index is 0.817. The first-order valence-corrected chi connectivity index (χ1v) is 9.12. The lowest BCUT2D eigenvalue weighted by atomic mass is 10.1. The number of hydrogen-bond donors (Lipinski definition) is 0. The molecule has 4 rings (SSSR count). The molecule has 138 valence electrons. The second kappa shape index (κ2) is 7.00. The van der Waals surface area contributed by atoms with E-state index in [-0.39, 0.29) is 0 Å². The average molecular weight is 360 g/mol. The molecule has 0 fully saturated rings. The highest BCUT2D eigenvalue weighted by molar-refractivity contribution is 5.85. The monoisotopic (exact) mass is 360 g/mol. The third kappa shape index (κ3) is 3.38. The van der Waals surface area contributed by atoms with Crippen molar-refractivity contribution in [1.82, 2.24) is 19.6 Å². The molecule has 5 heteroatoms. The molecule has 0 amide bonds. The van der Waals surface area contributed by atoms with Crippen molar-refractivity contribution in [2.45, 2.75) is 26.9 Å². The molecule has 0 N–H and O–H groups in total. The van der Waals surface area contributed by atoms with Crippen LogP contribution in [0.15, 0.2) is 53.3 Å². The van der Waals surface area contributed by atoms with E-state index in [4.69, 9.17) is 9.51 Å². The summed E-state index contributed by atoms with van der Waals surface area (Å²) >= 11 is 0. The van der Waals surface area contributed by atoms with Crippen LogP contribution in [0.3, 0.4) is 0 Å². The van der Waals surface area contributed by atoms with Gasteiger partial charge in [-0.05, 0) is 39.6 Å². The molecule has 3 aromatic heterocycles. The molecule has 0 spiro atoms. The van der Waals surface area contributed by atoms with Gasteiger partial charge in [0.25, 0.3) is 0 Å². The predicted molar refractivity (Wildman–Crippen MR) is 108 cm³/mol. The zero-order chi connectivity index (χ0) is 19.0. The largest absolute Gasteiger partial charge is 0.361 e. The van der Waals surface area contributed by atoms with E-state index >= 15 is 0 Å². The summed E-state index contributed by atoms with van der Waals surface area (Å²) < 4.78 is 7.64. The highest BCUT2D eigenvalue weighted by Crippen LogP contribution is 2.30. The van der Waals surface area contributed by atoms with Crippen LogP contribution in [-0.4, -0.2) is 33.7 Å². The van der Waals surface area contributed by atoms with Crippen molar-refractivity contribution in [3.63, 3.8) is 0 Å². The van der Waals surface area contributed by atoms with Gasteiger partial charge in [0.05, 0.1) is 16.7 Å². The summed E-state index contributed by atoms with van der Waals surface area (Å²) in [6, 6.07) is 12.7. The highest BCUT2D eigenvalue weighted by atomic mass is 16.5. The Morgan fingerprint density at radius 3 is 2.56 bits per heavy atom. The molecule has 0 unspecified atom stereocenters. The van der Waals surface area contributed by atoms with Gasteiger partial charge in [-0.2, -0.15) is 0 Å². The van der Waals surface area contributed by atoms with Crippen LogP contribution in [0.1, 0.15) is 22.6 Å². The number of aromatic nitrogens is 3. The van der Waals surface area contributed by atoms with Crippen molar-refractivity contribution < 1.29 is 4.52 Å². The fraction of sp³-hybridized carbons (Fsp3) is 0.273. The first-order valence-electron chi connectivity index (χ1n) is 9.12. The van der Waals surface area contributed by atoms with Gasteiger partial charge >= 0.3 is 0 Å². The predicted octanol–water partition coefficient (Wildman–Crippen LogP) is 4.42. The van der Waals surface area contributed by atoms with E-state index in [1.807, 2.05) is 26.1 Å². The summed E-state index contributed by atoms with van der Waals surface area (Å²) in [4.78, 5) is 6.99. The van der Waals surface area contributed by atoms with Crippen LogP contribution < -0.4 is 0 Å². The lowest BCUT2D eigenvalue weighted by molar-refractivity contribution is 0.393. The summed E-state index contributed by atoms with van der Waals surface area (Å²) in [5, 5.41) is 4.09. The fourth-order valence-electron chi connectivity index (χ4n) is 3.64. The van der Waals surface area contributed by atoms with Crippen LogP contribution in [-0.2, 0) is 13.1 Å². The summed E-state index contributed by atoms with van der Waals surface area (Å²) in [6.45, 7) is 5.59. The first-order chi connectivity index (χ1) is 13.0. The van der Waals surface area contributed by atoms with Crippen molar-refractivity contribution in [1.29, 1.82) is 0 Å². The van der Waals surface area contributed by atoms with Crippen LogP contribution in [0.25, 0.3) is 22.2 Å².